The standard InChI is InChI=1S/C23H33N5O2/c1-3-24-23(26-14-10-18-7-6-9-21(30-2)22(18)29)27-19-11-15-28(16-12-19)17-20-8-4-5-13-25-20/h4-9,13,19,29H,3,10-12,14-17H2,1-2H3,(H2,24,26,27). The van der Waals surface area contributed by atoms with Crippen LogP contribution in [0.4, 0.5) is 0 Å². The van der Waals surface area contributed by atoms with Crippen molar-refractivity contribution in [3.8, 4) is 11.5 Å². The first-order valence-corrected chi connectivity index (χ1v) is 10.7. The number of ether oxygens (including phenoxy) is 1. The summed E-state index contributed by atoms with van der Waals surface area (Å²) in [5, 5.41) is 17.1. The van der Waals surface area contributed by atoms with Gasteiger partial charge in [0.1, 0.15) is 0 Å². The Hall–Kier alpha value is -2.80. The van der Waals surface area contributed by atoms with Gasteiger partial charge in [0.15, 0.2) is 17.5 Å². The van der Waals surface area contributed by atoms with Crippen LogP contribution >= 0.6 is 0 Å². The number of nitrogens with zero attached hydrogens (tertiary/aromatic N) is 3. The molecule has 7 heteroatoms. The Balaban J connectivity index is 1.48. The van der Waals surface area contributed by atoms with Crippen molar-refractivity contribution in [1.82, 2.24) is 20.5 Å². The minimum Gasteiger partial charge on any atom is -0.504 e. The highest BCUT2D eigenvalue weighted by Gasteiger charge is 2.20. The molecule has 0 radical (unpaired) electrons. The number of hydrogen-bond donors (Lipinski definition) is 3. The smallest absolute Gasteiger partial charge is 0.191 e. The van der Waals surface area contributed by atoms with E-state index in [0.717, 1.165) is 56.2 Å². The van der Waals surface area contributed by atoms with E-state index in [0.29, 0.717) is 24.8 Å². The van der Waals surface area contributed by atoms with E-state index in [9.17, 15) is 5.11 Å². The third-order valence-electron chi connectivity index (χ3n) is 5.34. The third kappa shape index (κ3) is 6.35. The molecular formula is C23H33N5O2. The van der Waals surface area contributed by atoms with Gasteiger partial charge in [0.2, 0.25) is 0 Å². The summed E-state index contributed by atoms with van der Waals surface area (Å²) in [6.45, 7) is 6.48. The van der Waals surface area contributed by atoms with Crippen LogP contribution in [-0.2, 0) is 13.0 Å². The highest BCUT2D eigenvalue weighted by Crippen LogP contribution is 2.29. The molecule has 1 aromatic carbocycles. The highest BCUT2D eigenvalue weighted by molar-refractivity contribution is 5.80. The van der Waals surface area contributed by atoms with Gasteiger partial charge in [-0.3, -0.25) is 14.9 Å². The molecule has 0 atom stereocenters. The second kappa shape index (κ2) is 11.4. The number of pyridine rings is 1. The summed E-state index contributed by atoms with van der Waals surface area (Å²) in [5.41, 5.74) is 1.97. The topological polar surface area (TPSA) is 82.0 Å². The summed E-state index contributed by atoms with van der Waals surface area (Å²) in [6, 6.07) is 12.0. The Bertz CT molecular complexity index is 804. The lowest BCUT2D eigenvalue weighted by atomic mass is 10.0. The van der Waals surface area contributed by atoms with E-state index < -0.39 is 0 Å². The number of nitrogens with one attached hydrogen (secondary N) is 2. The minimum absolute atomic E-state index is 0.202. The van der Waals surface area contributed by atoms with Gasteiger partial charge >= 0.3 is 0 Å². The average Bonchev–Trinajstić information content (AvgIpc) is 2.77. The number of rotatable bonds is 8. The average molecular weight is 412 g/mol. The molecule has 0 amide bonds. The molecule has 7 nitrogen and oxygen atoms in total. The van der Waals surface area contributed by atoms with Crippen molar-refractivity contribution in [3.05, 3.63) is 53.9 Å². The predicted octanol–water partition coefficient (Wildman–Crippen LogP) is 2.56. The van der Waals surface area contributed by atoms with E-state index in [1.165, 1.54) is 0 Å². The van der Waals surface area contributed by atoms with Crippen molar-refractivity contribution in [2.24, 2.45) is 4.99 Å². The number of likely N-dealkylation sites (tertiary alicyclic amines) is 1. The largest absolute Gasteiger partial charge is 0.504 e. The van der Waals surface area contributed by atoms with Crippen LogP contribution in [0.5, 0.6) is 11.5 Å². The fourth-order valence-electron chi connectivity index (χ4n) is 3.69. The van der Waals surface area contributed by atoms with Crippen LogP contribution in [0.15, 0.2) is 47.6 Å². The van der Waals surface area contributed by atoms with Gasteiger partial charge in [0.25, 0.3) is 0 Å². The molecular weight excluding hydrogens is 378 g/mol. The maximum atomic E-state index is 10.2. The Morgan fingerprint density at radius 2 is 2.07 bits per heavy atom. The lowest BCUT2D eigenvalue weighted by molar-refractivity contribution is 0.196. The molecule has 1 saturated heterocycles. The second-order valence-corrected chi connectivity index (χ2v) is 7.49. The van der Waals surface area contributed by atoms with Crippen LogP contribution in [0, 0.1) is 0 Å². The van der Waals surface area contributed by atoms with Gasteiger partial charge in [-0.1, -0.05) is 18.2 Å². The van der Waals surface area contributed by atoms with Gasteiger partial charge in [-0.15, -0.1) is 0 Å². The molecule has 1 aliphatic heterocycles. The van der Waals surface area contributed by atoms with Crippen LogP contribution in [0.2, 0.25) is 0 Å². The number of aromatic nitrogens is 1. The van der Waals surface area contributed by atoms with Gasteiger partial charge in [-0.25, -0.2) is 0 Å². The SMILES string of the molecule is CCNC(=NCCc1cccc(OC)c1O)NC1CCN(Cc2ccccn2)CC1. The van der Waals surface area contributed by atoms with Crippen LogP contribution < -0.4 is 15.4 Å². The van der Waals surface area contributed by atoms with Crippen LogP contribution in [0.1, 0.15) is 31.0 Å². The molecule has 30 heavy (non-hydrogen) atoms. The number of aromatic hydroxyl groups is 1. The Labute approximate surface area is 179 Å². The molecule has 1 aromatic heterocycles. The summed E-state index contributed by atoms with van der Waals surface area (Å²) < 4.78 is 5.18. The monoisotopic (exact) mass is 411 g/mol. The van der Waals surface area contributed by atoms with E-state index in [4.69, 9.17) is 9.73 Å². The van der Waals surface area contributed by atoms with E-state index in [2.05, 4.69) is 33.5 Å². The molecule has 162 valence electrons. The zero-order valence-corrected chi connectivity index (χ0v) is 18.0. The zero-order chi connectivity index (χ0) is 21.2. The number of hydrogen-bond acceptors (Lipinski definition) is 5. The first kappa shape index (κ1) is 21.9. The number of benzene rings is 1. The molecule has 0 bridgehead atoms. The molecule has 2 heterocycles. The number of guanidine groups is 1. The predicted molar refractivity (Wildman–Crippen MR) is 120 cm³/mol. The number of aliphatic imine (C=N–C) groups is 1. The quantitative estimate of drug-likeness (QED) is 0.458. The summed E-state index contributed by atoms with van der Waals surface area (Å²) >= 11 is 0. The molecule has 0 unspecified atom stereocenters. The number of piperidine rings is 1. The first-order chi connectivity index (χ1) is 14.7. The van der Waals surface area contributed by atoms with Gasteiger partial charge in [-0.05, 0) is 49.9 Å². The first-order valence-electron chi connectivity index (χ1n) is 10.7. The van der Waals surface area contributed by atoms with Crippen LogP contribution in [0.3, 0.4) is 0 Å². The summed E-state index contributed by atoms with van der Waals surface area (Å²) in [6.07, 6.45) is 4.66. The van der Waals surface area contributed by atoms with Crippen LogP contribution in [-0.4, -0.2) is 60.3 Å². The zero-order valence-electron chi connectivity index (χ0n) is 18.0. The van der Waals surface area contributed by atoms with Crippen molar-refractivity contribution in [1.29, 1.82) is 0 Å². The fraction of sp³-hybridized carbons (Fsp3) is 0.478. The summed E-state index contributed by atoms with van der Waals surface area (Å²) in [4.78, 5) is 11.6. The fourth-order valence-corrected chi connectivity index (χ4v) is 3.69. The van der Waals surface area contributed by atoms with Gasteiger partial charge < -0.3 is 20.5 Å². The van der Waals surface area contributed by atoms with Crippen molar-refractivity contribution in [2.45, 2.75) is 38.8 Å². The van der Waals surface area contributed by atoms with Crippen molar-refractivity contribution in [3.63, 3.8) is 0 Å². The van der Waals surface area contributed by atoms with Crippen molar-refractivity contribution >= 4 is 5.96 Å². The molecule has 3 N–H and O–H groups in total. The Morgan fingerprint density at radius 1 is 1.23 bits per heavy atom. The normalized spacial score (nSPS) is 15.7. The van der Waals surface area contributed by atoms with E-state index in [1.807, 2.05) is 30.5 Å². The lowest BCUT2D eigenvalue weighted by Gasteiger charge is -2.32. The molecule has 0 spiro atoms. The van der Waals surface area contributed by atoms with E-state index >= 15 is 0 Å². The molecule has 0 saturated carbocycles. The van der Waals surface area contributed by atoms with Crippen molar-refractivity contribution in [2.75, 3.05) is 33.3 Å². The molecule has 3 rings (SSSR count). The number of phenols is 1. The van der Waals surface area contributed by atoms with Gasteiger partial charge in [-0.2, -0.15) is 0 Å². The van der Waals surface area contributed by atoms with E-state index in [-0.39, 0.29) is 5.75 Å². The summed E-state index contributed by atoms with van der Waals surface area (Å²) in [5.74, 6) is 1.54. The maximum absolute atomic E-state index is 10.2. The summed E-state index contributed by atoms with van der Waals surface area (Å²) in [7, 11) is 1.56. The van der Waals surface area contributed by atoms with Gasteiger partial charge in [0, 0.05) is 45.0 Å². The highest BCUT2D eigenvalue weighted by atomic mass is 16.5. The molecule has 1 fully saturated rings. The number of para-hydroxylation sites is 1. The van der Waals surface area contributed by atoms with Gasteiger partial charge in [0.05, 0.1) is 12.8 Å². The second-order valence-electron chi connectivity index (χ2n) is 7.49. The Kier molecular flexibility index (Phi) is 8.32. The Morgan fingerprint density at radius 3 is 2.77 bits per heavy atom. The minimum atomic E-state index is 0.202. The lowest BCUT2D eigenvalue weighted by Crippen LogP contribution is -2.48. The van der Waals surface area contributed by atoms with E-state index in [1.54, 1.807) is 13.2 Å². The number of phenolic OH excluding ortho intramolecular Hbond substituents is 1. The van der Waals surface area contributed by atoms with Crippen LogP contribution in [0.25, 0.3) is 0 Å². The van der Waals surface area contributed by atoms with Crippen molar-refractivity contribution < 1.29 is 9.84 Å². The maximum Gasteiger partial charge on any atom is 0.191 e. The molecule has 2 aromatic rings. The number of methoxy groups -OCH3 is 1. The third-order valence-corrected chi connectivity index (χ3v) is 5.34. The molecule has 0 aliphatic carbocycles. The molecule has 1 aliphatic rings.